The van der Waals surface area contributed by atoms with E-state index in [9.17, 15) is 4.79 Å². The fraction of sp³-hybridized carbons (Fsp3) is 0.636. The predicted molar refractivity (Wildman–Crippen MR) is 149 cm³/mol. The van der Waals surface area contributed by atoms with Gasteiger partial charge < -0.3 is 18.9 Å². The first-order chi connectivity index (χ1) is 19.0. The molecule has 1 aliphatic heterocycles. The minimum atomic E-state index is -0.378. The van der Waals surface area contributed by atoms with E-state index in [2.05, 4.69) is 37.0 Å². The Hall–Kier alpha value is -2.60. The molecule has 6 nitrogen and oxygen atoms in total. The molecule has 210 valence electrons. The highest BCUT2D eigenvalue weighted by Crippen LogP contribution is 2.64. The Balaban J connectivity index is 1.09. The molecule has 6 rings (SSSR count). The van der Waals surface area contributed by atoms with Gasteiger partial charge in [0, 0.05) is 18.7 Å². The van der Waals surface area contributed by atoms with Crippen molar-refractivity contribution < 1.29 is 23.7 Å². The van der Waals surface area contributed by atoms with Crippen molar-refractivity contribution in [3.05, 3.63) is 53.2 Å². The van der Waals surface area contributed by atoms with E-state index in [0.717, 1.165) is 49.9 Å². The number of hydrogen-bond acceptors (Lipinski definition) is 6. The highest BCUT2D eigenvalue weighted by molar-refractivity contribution is 5.88. The van der Waals surface area contributed by atoms with E-state index in [1.165, 1.54) is 51.0 Å². The van der Waals surface area contributed by atoms with Crippen LogP contribution in [0, 0.1) is 29.1 Å². The van der Waals surface area contributed by atoms with Gasteiger partial charge in [-0.1, -0.05) is 19.9 Å². The summed E-state index contributed by atoms with van der Waals surface area (Å²) in [5.74, 6) is 4.71. The third kappa shape index (κ3) is 5.17. The van der Waals surface area contributed by atoms with E-state index in [1.54, 1.807) is 17.7 Å². The van der Waals surface area contributed by atoms with E-state index in [4.69, 9.17) is 18.9 Å². The van der Waals surface area contributed by atoms with Crippen LogP contribution in [-0.2, 0) is 15.9 Å². The maximum atomic E-state index is 11.6. The maximum absolute atomic E-state index is 11.6. The molecule has 6 heteroatoms. The minimum Gasteiger partial charge on any atom is -0.478 e. The molecule has 4 unspecified atom stereocenters. The van der Waals surface area contributed by atoms with Crippen LogP contribution in [0.5, 0.6) is 11.6 Å². The van der Waals surface area contributed by atoms with Crippen LogP contribution in [0.15, 0.2) is 36.5 Å². The minimum absolute atomic E-state index is 0.0876. The molecule has 0 radical (unpaired) electrons. The highest BCUT2D eigenvalue weighted by atomic mass is 16.7. The molecular weight excluding hydrogens is 490 g/mol. The van der Waals surface area contributed by atoms with Gasteiger partial charge in [-0.15, -0.1) is 0 Å². The Bertz CT molecular complexity index is 1160. The first kappa shape index (κ1) is 26.6. The summed E-state index contributed by atoms with van der Waals surface area (Å²) in [6.45, 7) is 6.53. The summed E-state index contributed by atoms with van der Waals surface area (Å²) in [7, 11) is 1.38. The first-order valence-electron chi connectivity index (χ1n) is 15.0. The second-order valence-electron chi connectivity index (χ2n) is 12.6. The monoisotopic (exact) mass is 533 g/mol. The first-order valence-corrected chi connectivity index (χ1v) is 15.0. The number of hydrogen-bond donors (Lipinski definition) is 0. The van der Waals surface area contributed by atoms with Gasteiger partial charge in [-0.05, 0) is 116 Å². The number of fused-ring (bicyclic) bond motifs is 5. The number of nitrogens with zero attached hydrogens (tertiary/aromatic N) is 1. The van der Waals surface area contributed by atoms with Crippen molar-refractivity contribution in [3.8, 4) is 11.6 Å². The van der Waals surface area contributed by atoms with Crippen LogP contribution in [0.25, 0.3) is 0 Å². The number of methoxy groups -OCH3 is 1. The summed E-state index contributed by atoms with van der Waals surface area (Å²) in [5.41, 5.74) is 3.89. The third-order valence-corrected chi connectivity index (χ3v) is 10.5. The van der Waals surface area contributed by atoms with Crippen LogP contribution in [-0.4, -0.2) is 37.6 Å². The van der Waals surface area contributed by atoms with Gasteiger partial charge in [0.05, 0.1) is 25.9 Å². The standard InChI is InChI=1S/C33H43NO5/c1-21-18-23-19-25(39-30-6-4-5-16-38-30)9-10-26(23)27-13-15-33(2)24(8-11-28(33)31(21)27)14-17-37-29-12-7-22(20-34-29)32(35)36-3/h7,9-10,12,19-21,24,27-28,30-31H,4-6,8,11,13-18H2,1-3H3/t21-,24+,27?,28?,30?,31?,33+/m0/s1. The Morgan fingerprint density at radius 1 is 1.13 bits per heavy atom. The van der Waals surface area contributed by atoms with Crippen molar-refractivity contribution in [1.82, 2.24) is 4.98 Å². The van der Waals surface area contributed by atoms with Gasteiger partial charge in [0.1, 0.15) is 5.75 Å². The zero-order chi connectivity index (χ0) is 27.0. The van der Waals surface area contributed by atoms with E-state index < -0.39 is 0 Å². The third-order valence-electron chi connectivity index (χ3n) is 10.5. The van der Waals surface area contributed by atoms with E-state index >= 15 is 0 Å². The zero-order valence-electron chi connectivity index (χ0n) is 23.7. The molecule has 2 heterocycles. The topological polar surface area (TPSA) is 66.9 Å². The molecule has 0 amide bonds. The number of rotatable bonds is 7. The molecule has 0 N–H and O–H groups in total. The number of carbonyl (C=O) groups is 1. The summed E-state index contributed by atoms with van der Waals surface area (Å²) in [5, 5.41) is 0. The Labute approximate surface area is 232 Å². The number of aromatic nitrogens is 1. The molecule has 4 aliphatic rings. The summed E-state index contributed by atoms with van der Waals surface area (Å²) < 4.78 is 22.8. The van der Waals surface area contributed by atoms with E-state index in [1.807, 2.05) is 0 Å². The average Bonchev–Trinajstić information content (AvgIpc) is 3.29. The van der Waals surface area contributed by atoms with Crippen molar-refractivity contribution in [3.63, 3.8) is 0 Å². The quantitative estimate of drug-likeness (QED) is 0.359. The lowest BCUT2D eigenvalue weighted by Gasteiger charge is -2.53. The van der Waals surface area contributed by atoms with Crippen LogP contribution in [0.4, 0.5) is 0 Å². The molecule has 1 saturated heterocycles. The molecule has 7 atom stereocenters. The van der Waals surface area contributed by atoms with Crippen molar-refractivity contribution in [2.24, 2.45) is 29.1 Å². The zero-order valence-corrected chi connectivity index (χ0v) is 23.7. The summed E-state index contributed by atoms with van der Waals surface area (Å²) in [6.07, 6.45) is 12.1. The molecule has 39 heavy (non-hydrogen) atoms. The highest BCUT2D eigenvalue weighted by Gasteiger charge is 2.55. The number of benzene rings is 1. The molecule has 1 aromatic heterocycles. The summed E-state index contributed by atoms with van der Waals surface area (Å²) in [6, 6.07) is 10.4. The summed E-state index contributed by atoms with van der Waals surface area (Å²) in [4.78, 5) is 15.9. The Morgan fingerprint density at radius 2 is 2.03 bits per heavy atom. The Kier molecular flexibility index (Phi) is 7.58. The van der Waals surface area contributed by atoms with Gasteiger partial charge in [0.2, 0.25) is 5.88 Å². The molecular formula is C33H43NO5. The fourth-order valence-electron chi connectivity index (χ4n) is 8.58. The van der Waals surface area contributed by atoms with Crippen LogP contribution in [0.1, 0.15) is 92.6 Å². The van der Waals surface area contributed by atoms with Crippen LogP contribution in [0.2, 0.25) is 0 Å². The van der Waals surface area contributed by atoms with Crippen molar-refractivity contribution in [2.75, 3.05) is 20.3 Å². The van der Waals surface area contributed by atoms with E-state index in [0.29, 0.717) is 41.2 Å². The van der Waals surface area contributed by atoms with Crippen LogP contribution >= 0.6 is 0 Å². The maximum Gasteiger partial charge on any atom is 0.339 e. The number of pyridine rings is 1. The second-order valence-corrected chi connectivity index (χ2v) is 12.6. The molecule has 3 aliphatic carbocycles. The largest absolute Gasteiger partial charge is 0.478 e. The Morgan fingerprint density at radius 3 is 2.79 bits per heavy atom. The lowest BCUT2D eigenvalue weighted by atomic mass is 9.51. The normalized spacial score (nSPS) is 33.4. The summed E-state index contributed by atoms with van der Waals surface area (Å²) >= 11 is 0. The van der Waals surface area contributed by atoms with Gasteiger partial charge in [0.15, 0.2) is 6.29 Å². The number of esters is 1. The van der Waals surface area contributed by atoms with Crippen LogP contribution < -0.4 is 9.47 Å². The van der Waals surface area contributed by atoms with Gasteiger partial charge >= 0.3 is 5.97 Å². The SMILES string of the molecule is COC(=O)c1ccc(OCC[C@H]2CCC3C4C(CC[C@@]32C)c2ccc(OC3CCCCO3)cc2C[C@@H]4C)nc1. The van der Waals surface area contributed by atoms with E-state index in [-0.39, 0.29) is 12.3 Å². The molecule has 0 spiro atoms. The fourth-order valence-corrected chi connectivity index (χ4v) is 8.58. The van der Waals surface area contributed by atoms with Crippen molar-refractivity contribution in [1.29, 1.82) is 0 Å². The molecule has 2 saturated carbocycles. The lowest BCUT2D eigenvalue weighted by molar-refractivity contribution is -0.105. The molecule has 3 fully saturated rings. The van der Waals surface area contributed by atoms with Gasteiger partial charge in [-0.3, -0.25) is 0 Å². The van der Waals surface area contributed by atoms with Gasteiger partial charge in [-0.2, -0.15) is 0 Å². The number of ether oxygens (including phenoxy) is 4. The average molecular weight is 534 g/mol. The van der Waals surface area contributed by atoms with Gasteiger partial charge in [0.25, 0.3) is 0 Å². The smallest absolute Gasteiger partial charge is 0.339 e. The van der Waals surface area contributed by atoms with Crippen LogP contribution in [0.3, 0.4) is 0 Å². The second kappa shape index (κ2) is 11.1. The predicted octanol–water partition coefficient (Wildman–Crippen LogP) is 6.96. The van der Waals surface area contributed by atoms with Gasteiger partial charge in [-0.25, -0.2) is 9.78 Å². The number of carbonyl (C=O) groups excluding carboxylic acids is 1. The molecule has 0 bridgehead atoms. The van der Waals surface area contributed by atoms with Crippen molar-refractivity contribution >= 4 is 5.97 Å². The molecule has 2 aromatic rings. The lowest BCUT2D eigenvalue weighted by Crippen LogP contribution is -2.45. The molecule has 1 aromatic carbocycles. The van der Waals surface area contributed by atoms with Crippen molar-refractivity contribution in [2.45, 2.75) is 83.8 Å².